The maximum Gasteiger partial charge on any atom is 0.253 e. The molecule has 134 valence electrons. The van der Waals surface area contributed by atoms with Crippen molar-refractivity contribution < 1.29 is 9.53 Å². The number of hydrogen-bond acceptors (Lipinski definition) is 4. The molecule has 2 fully saturated rings. The van der Waals surface area contributed by atoms with Gasteiger partial charge in [0.05, 0.1) is 18.3 Å². The van der Waals surface area contributed by atoms with Crippen LogP contribution in [0.2, 0.25) is 5.15 Å². The first kappa shape index (κ1) is 17.7. The molecule has 7 heteroatoms. The van der Waals surface area contributed by atoms with Crippen LogP contribution in [0.25, 0.3) is 0 Å². The van der Waals surface area contributed by atoms with Gasteiger partial charge in [0, 0.05) is 31.7 Å². The Morgan fingerprint density at radius 2 is 2.29 bits per heavy atom. The summed E-state index contributed by atoms with van der Waals surface area (Å²) in [7, 11) is 0. The van der Waals surface area contributed by atoms with Gasteiger partial charge in [0.15, 0.2) is 0 Å². The Labute approximate surface area is 148 Å². The van der Waals surface area contributed by atoms with Gasteiger partial charge in [0.2, 0.25) is 0 Å². The van der Waals surface area contributed by atoms with E-state index in [0.29, 0.717) is 24.2 Å². The van der Waals surface area contributed by atoms with Gasteiger partial charge in [0.1, 0.15) is 11.3 Å². The predicted octanol–water partition coefficient (Wildman–Crippen LogP) is 2.15. The average molecular weight is 355 g/mol. The lowest BCUT2D eigenvalue weighted by molar-refractivity contribution is -0.146. The van der Waals surface area contributed by atoms with Crippen molar-refractivity contribution in [2.45, 2.75) is 52.3 Å². The lowest BCUT2D eigenvalue weighted by atomic mass is 10.1. The second-order valence-electron chi connectivity index (χ2n) is 7.12. The van der Waals surface area contributed by atoms with E-state index in [4.69, 9.17) is 16.3 Å². The van der Waals surface area contributed by atoms with E-state index in [0.717, 1.165) is 43.7 Å². The SMILES string of the molecule is Cc1nn(CC(C)C)c(Cl)c1[C@@H]1CCCN1C(=O)[C@H]1CNCCO1. The first-order chi connectivity index (χ1) is 11.5. The molecule has 1 N–H and O–H groups in total. The zero-order chi connectivity index (χ0) is 17.3. The summed E-state index contributed by atoms with van der Waals surface area (Å²) in [6.07, 6.45) is 1.53. The van der Waals surface area contributed by atoms with Gasteiger partial charge in [-0.3, -0.25) is 9.48 Å². The Morgan fingerprint density at radius 3 is 2.96 bits per heavy atom. The van der Waals surface area contributed by atoms with Crippen LogP contribution in [0.1, 0.15) is 44.0 Å². The second-order valence-corrected chi connectivity index (χ2v) is 7.48. The summed E-state index contributed by atoms with van der Waals surface area (Å²) in [5.74, 6) is 0.537. The number of rotatable bonds is 4. The Morgan fingerprint density at radius 1 is 1.50 bits per heavy atom. The highest BCUT2D eigenvalue weighted by atomic mass is 35.5. The summed E-state index contributed by atoms with van der Waals surface area (Å²) >= 11 is 6.63. The first-order valence-electron chi connectivity index (χ1n) is 8.84. The zero-order valence-electron chi connectivity index (χ0n) is 14.7. The van der Waals surface area contributed by atoms with E-state index in [2.05, 4.69) is 24.3 Å². The van der Waals surface area contributed by atoms with Gasteiger partial charge >= 0.3 is 0 Å². The van der Waals surface area contributed by atoms with Crippen LogP contribution < -0.4 is 5.32 Å². The zero-order valence-corrected chi connectivity index (χ0v) is 15.5. The number of nitrogens with zero attached hydrogens (tertiary/aromatic N) is 3. The number of morpholine rings is 1. The molecule has 0 bridgehead atoms. The van der Waals surface area contributed by atoms with Crippen molar-refractivity contribution in [1.29, 1.82) is 0 Å². The van der Waals surface area contributed by atoms with Crippen LogP contribution in [0.3, 0.4) is 0 Å². The molecule has 1 amide bonds. The number of likely N-dealkylation sites (tertiary alicyclic amines) is 1. The van der Waals surface area contributed by atoms with Gasteiger partial charge in [-0.2, -0.15) is 5.10 Å². The number of carbonyl (C=O) groups is 1. The highest BCUT2D eigenvalue weighted by Crippen LogP contribution is 2.38. The maximum absolute atomic E-state index is 12.9. The van der Waals surface area contributed by atoms with Crippen molar-refractivity contribution in [2.24, 2.45) is 5.92 Å². The maximum atomic E-state index is 12.9. The molecule has 0 aromatic carbocycles. The smallest absolute Gasteiger partial charge is 0.253 e. The fourth-order valence-electron chi connectivity index (χ4n) is 3.65. The highest BCUT2D eigenvalue weighted by molar-refractivity contribution is 6.30. The third-order valence-corrected chi connectivity index (χ3v) is 5.12. The minimum absolute atomic E-state index is 0.0106. The Bertz CT molecular complexity index is 596. The van der Waals surface area contributed by atoms with Crippen molar-refractivity contribution in [2.75, 3.05) is 26.2 Å². The van der Waals surface area contributed by atoms with Gasteiger partial charge in [-0.1, -0.05) is 25.4 Å². The monoisotopic (exact) mass is 354 g/mol. The van der Waals surface area contributed by atoms with Gasteiger partial charge in [0.25, 0.3) is 5.91 Å². The topological polar surface area (TPSA) is 59.4 Å². The third-order valence-electron chi connectivity index (χ3n) is 4.72. The standard InChI is InChI=1S/C17H27ClN4O2/c1-11(2)10-22-16(18)15(12(3)20-22)13-5-4-7-21(13)17(23)14-9-19-6-8-24-14/h11,13-14,19H,4-10H2,1-3H3/t13-,14+/m0/s1. The van der Waals surface area contributed by atoms with E-state index < -0.39 is 0 Å². The van der Waals surface area contributed by atoms with E-state index in [1.54, 1.807) is 0 Å². The van der Waals surface area contributed by atoms with E-state index in [1.165, 1.54) is 0 Å². The summed E-state index contributed by atoms with van der Waals surface area (Å²) in [4.78, 5) is 14.8. The number of aryl methyl sites for hydroxylation is 1. The fourth-order valence-corrected chi connectivity index (χ4v) is 4.02. The quantitative estimate of drug-likeness (QED) is 0.900. The third kappa shape index (κ3) is 3.46. The van der Waals surface area contributed by atoms with Crippen LogP contribution in [0, 0.1) is 12.8 Å². The van der Waals surface area contributed by atoms with Crippen LogP contribution in [0.4, 0.5) is 0 Å². The van der Waals surface area contributed by atoms with Crippen LogP contribution in [0.15, 0.2) is 0 Å². The molecule has 0 aliphatic carbocycles. The van der Waals surface area contributed by atoms with Crippen LogP contribution in [-0.4, -0.2) is 52.9 Å². The molecule has 0 spiro atoms. The number of aromatic nitrogens is 2. The van der Waals surface area contributed by atoms with Gasteiger partial charge in [-0.25, -0.2) is 0 Å². The summed E-state index contributed by atoms with van der Waals surface area (Å²) in [5, 5.41) is 8.51. The molecular weight excluding hydrogens is 328 g/mol. The Hall–Kier alpha value is -1.11. The van der Waals surface area contributed by atoms with Crippen molar-refractivity contribution in [3.8, 4) is 0 Å². The minimum Gasteiger partial charge on any atom is -0.366 e. The average Bonchev–Trinajstić information content (AvgIpc) is 3.12. The number of halogens is 1. The molecule has 0 saturated carbocycles. The van der Waals surface area contributed by atoms with Crippen molar-refractivity contribution in [1.82, 2.24) is 20.0 Å². The van der Waals surface area contributed by atoms with Crippen molar-refractivity contribution in [3.63, 3.8) is 0 Å². The summed E-state index contributed by atoms with van der Waals surface area (Å²) in [5.41, 5.74) is 1.93. The fraction of sp³-hybridized carbons (Fsp3) is 0.765. The highest BCUT2D eigenvalue weighted by Gasteiger charge is 2.37. The molecule has 2 saturated heterocycles. The Kier molecular flexibility index (Phi) is 5.47. The number of ether oxygens (including phenoxy) is 1. The van der Waals surface area contributed by atoms with Gasteiger partial charge in [-0.05, 0) is 25.7 Å². The number of hydrogen-bond donors (Lipinski definition) is 1. The largest absolute Gasteiger partial charge is 0.366 e. The van der Waals surface area contributed by atoms with Crippen LogP contribution in [-0.2, 0) is 16.1 Å². The molecule has 3 heterocycles. The van der Waals surface area contributed by atoms with Crippen LogP contribution >= 0.6 is 11.6 Å². The van der Waals surface area contributed by atoms with Crippen molar-refractivity contribution in [3.05, 3.63) is 16.4 Å². The molecule has 1 aromatic heterocycles. The van der Waals surface area contributed by atoms with E-state index in [1.807, 2.05) is 16.5 Å². The minimum atomic E-state index is -0.385. The van der Waals surface area contributed by atoms with Gasteiger partial charge in [-0.15, -0.1) is 0 Å². The second kappa shape index (κ2) is 7.42. The first-order valence-corrected chi connectivity index (χ1v) is 9.22. The summed E-state index contributed by atoms with van der Waals surface area (Å²) in [6, 6.07) is 0.0106. The molecule has 3 rings (SSSR count). The number of amides is 1. The van der Waals surface area contributed by atoms with E-state index in [9.17, 15) is 4.79 Å². The van der Waals surface area contributed by atoms with Crippen molar-refractivity contribution >= 4 is 17.5 Å². The van der Waals surface area contributed by atoms with E-state index >= 15 is 0 Å². The Balaban J connectivity index is 1.82. The molecule has 0 unspecified atom stereocenters. The lowest BCUT2D eigenvalue weighted by Crippen LogP contribution is -2.49. The number of carbonyl (C=O) groups excluding carboxylic acids is 1. The molecule has 0 radical (unpaired) electrons. The summed E-state index contributed by atoms with van der Waals surface area (Å²) < 4.78 is 7.52. The predicted molar refractivity (Wildman–Crippen MR) is 93.1 cm³/mol. The molecule has 6 nitrogen and oxygen atoms in total. The molecule has 2 aliphatic rings. The lowest BCUT2D eigenvalue weighted by Gasteiger charge is -2.31. The summed E-state index contributed by atoms with van der Waals surface area (Å²) in [6.45, 7) is 9.79. The van der Waals surface area contributed by atoms with Crippen LogP contribution in [0.5, 0.6) is 0 Å². The van der Waals surface area contributed by atoms with E-state index in [-0.39, 0.29) is 18.1 Å². The molecule has 2 aliphatic heterocycles. The molecule has 24 heavy (non-hydrogen) atoms. The molecule has 2 atom stereocenters. The normalized spacial score (nSPS) is 24.8. The van der Waals surface area contributed by atoms with Gasteiger partial charge < -0.3 is 15.0 Å². The molecular formula is C17H27ClN4O2. The number of nitrogens with one attached hydrogen (secondary N) is 1. The molecule has 1 aromatic rings.